The Bertz CT molecular complexity index is 560. The van der Waals surface area contributed by atoms with E-state index in [0.29, 0.717) is 6.42 Å². The number of benzene rings is 2. The molecule has 0 bridgehead atoms. The van der Waals surface area contributed by atoms with Crippen LogP contribution in [0, 0.1) is 0 Å². The maximum atomic E-state index is 11.7. The smallest absolute Gasteiger partial charge is 0.220 e. The van der Waals surface area contributed by atoms with Crippen LogP contribution in [0.2, 0.25) is 0 Å². The Kier molecular flexibility index (Phi) is 5.13. The predicted molar refractivity (Wildman–Crippen MR) is 83.1 cm³/mol. The van der Waals surface area contributed by atoms with Crippen molar-refractivity contribution in [3.8, 4) is 0 Å². The van der Waals surface area contributed by atoms with E-state index in [2.05, 4.69) is 5.32 Å². The van der Waals surface area contributed by atoms with Crippen LogP contribution in [0.3, 0.4) is 0 Å². The minimum atomic E-state index is -0.0937. The quantitative estimate of drug-likeness (QED) is 0.871. The molecule has 1 amide bonds. The number of nitrogens with one attached hydrogen (secondary N) is 1. The molecule has 0 saturated heterocycles. The highest BCUT2D eigenvalue weighted by atomic mass is 16.1. The van der Waals surface area contributed by atoms with E-state index in [1.807, 2.05) is 79.7 Å². The molecule has 2 aromatic rings. The second kappa shape index (κ2) is 7.29. The van der Waals surface area contributed by atoms with E-state index in [1.165, 1.54) is 0 Å². The summed E-state index contributed by atoms with van der Waals surface area (Å²) in [5, 5.41) is 3.03. The lowest BCUT2D eigenvalue weighted by atomic mass is 10.0. The van der Waals surface area contributed by atoms with E-state index in [1.54, 1.807) is 0 Å². The Morgan fingerprint density at radius 2 is 1.65 bits per heavy atom. The highest BCUT2D eigenvalue weighted by Crippen LogP contribution is 2.16. The van der Waals surface area contributed by atoms with Gasteiger partial charge in [-0.3, -0.25) is 4.79 Å². The number of hydrogen-bond donors (Lipinski definition) is 1. The standard InChI is InChI=1S/C18H19NO/c1-2-18(20)19-17(16-11-7-4-8-12-16)14-13-15-9-5-3-6-10-15/h3-14,17H,2H2,1H3,(H,19,20)/b14-13+. The van der Waals surface area contributed by atoms with Gasteiger partial charge < -0.3 is 5.32 Å². The summed E-state index contributed by atoms with van der Waals surface area (Å²) < 4.78 is 0. The molecule has 2 heteroatoms. The van der Waals surface area contributed by atoms with Crippen LogP contribution in [0.25, 0.3) is 6.08 Å². The lowest BCUT2D eigenvalue weighted by Crippen LogP contribution is -2.26. The summed E-state index contributed by atoms with van der Waals surface area (Å²) in [6.45, 7) is 1.86. The van der Waals surface area contributed by atoms with Gasteiger partial charge >= 0.3 is 0 Å². The van der Waals surface area contributed by atoms with Crippen LogP contribution in [0.15, 0.2) is 66.7 Å². The van der Waals surface area contributed by atoms with Crippen molar-refractivity contribution < 1.29 is 4.79 Å². The molecule has 0 radical (unpaired) electrons. The molecule has 1 N–H and O–H groups in total. The average Bonchev–Trinajstić information content (AvgIpc) is 2.53. The monoisotopic (exact) mass is 265 g/mol. The van der Waals surface area contributed by atoms with Crippen LogP contribution in [0.4, 0.5) is 0 Å². The molecule has 2 rings (SSSR count). The van der Waals surface area contributed by atoms with Crippen molar-refractivity contribution in [1.29, 1.82) is 0 Å². The molecule has 1 atom stereocenters. The van der Waals surface area contributed by atoms with Crippen molar-refractivity contribution in [2.45, 2.75) is 19.4 Å². The van der Waals surface area contributed by atoms with Gasteiger partial charge in [0.15, 0.2) is 0 Å². The first-order valence-electron chi connectivity index (χ1n) is 6.87. The van der Waals surface area contributed by atoms with Gasteiger partial charge in [-0.05, 0) is 11.1 Å². The third-order valence-corrected chi connectivity index (χ3v) is 3.08. The predicted octanol–water partition coefficient (Wildman–Crippen LogP) is 3.97. The highest BCUT2D eigenvalue weighted by molar-refractivity contribution is 5.76. The zero-order chi connectivity index (χ0) is 14.2. The molecule has 20 heavy (non-hydrogen) atoms. The first kappa shape index (κ1) is 14.1. The molecular formula is C18H19NO. The first-order chi connectivity index (χ1) is 9.79. The molecule has 0 aromatic heterocycles. The fraction of sp³-hybridized carbons (Fsp3) is 0.167. The van der Waals surface area contributed by atoms with Crippen LogP contribution in [-0.2, 0) is 4.79 Å². The van der Waals surface area contributed by atoms with Gasteiger partial charge in [0.1, 0.15) is 0 Å². The highest BCUT2D eigenvalue weighted by Gasteiger charge is 2.09. The fourth-order valence-corrected chi connectivity index (χ4v) is 1.95. The molecule has 1 unspecified atom stereocenters. The maximum absolute atomic E-state index is 11.7. The Morgan fingerprint density at radius 1 is 1.05 bits per heavy atom. The molecule has 0 saturated carbocycles. The number of carbonyl (C=O) groups is 1. The van der Waals surface area contributed by atoms with Crippen molar-refractivity contribution in [2.24, 2.45) is 0 Å². The zero-order valence-electron chi connectivity index (χ0n) is 11.6. The van der Waals surface area contributed by atoms with Gasteiger partial charge in [-0.15, -0.1) is 0 Å². The third kappa shape index (κ3) is 4.09. The fourth-order valence-electron chi connectivity index (χ4n) is 1.95. The minimum absolute atomic E-state index is 0.0524. The largest absolute Gasteiger partial charge is 0.346 e. The number of amides is 1. The van der Waals surface area contributed by atoms with Gasteiger partial charge in [0, 0.05) is 6.42 Å². The van der Waals surface area contributed by atoms with Gasteiger partial charge in [-0.2, -0.15) is 0 Å². The number of rotatable bonds is 5. The van der Waals surface area contributed by atoms with E-state index in [0.717, 1.165) is 11.1 Å². The molecule has 0 spiro atoms. The van der Waals surface area contributed by atoms with E-state index in [-0.39, 0.29) is 11.9 Å². The van der Waals surface area contributed by atoms with Crippen molar-refractivity contribution in [3.05, 3.63) is 77.9 Å². The van der Waals surface area contributed by atoms with Crippen LogP contribution < -0.4 is 5.32 Å². The Hall–Kier alpha value is -2.35. The molecule has 2 aromatic carbocycles. The van der Waals surface area contributed by atoms with E-state index in [9.17, 15) is 4.79 Å². The van der Waals surface area contributed by atoms with Gasteiger partial charge in [-0.25, -0.2) is 0 Å². The summed E-state index contributed by atoms with van der Waals surface area (Å²) in [5.41, 5.74) is 2.21. The second-order valence-electron chi connectivity index (χ2n) is 4.58. The first-order valence-corrected chi connectivity index (χ1v) is 6.87. The minimum Gasteiger partial charge on any atom is -0.346 e. The molecule has 0 fully saturated rings. The third-order valence-electron chi connectivity index (χ3n) is 3.08. The van der Waals surface area contributed by atoms with Crippen molar-refractivity contribution in [1.82, 2.24) is 5.32 Å². The maximum Gasteiger partial charge on any atom is 0.220 e. The van der Waals surface area contributed by atoms with Gasteiger partial charge in [0.25, 0.3) is 0 Å². The summed E-state index contributed by atoms with van der Waals surface area (Å²) >= 11 is 0. The van der Waals surface area contributed by atoms with Crippen molar-refractivity contribution >= 4 is 12.0 Å². The Labute approximate surface area is 120 Å². The van der Waals surface area contributed by atoms with E-state index < -0.39 is 0 Å². The zero-order valence-corrected chi connectivity index (χ0v) is 11.6. The summed E-state index contributed by atoms with van der Waals surface area (Å²) in [6, 6.07) is 20.0. The topological polar surface area (TPSA) is 29.1 Å². The molecule has 0 aliphatic carbocycles. The Balaban J connectivity index is 2.19. The lowest BCUT2D eigenvalue weighted by molar-refractivity contribution is -0.121. The van der Waals surface area contributed by atoms with Gasteiger partial charge in [0.05, 0.1) is 6.04 Å². The second-order valence-corrected chi connectivity index (χ2v) is 4.58. The summed E-state index contributed by atoms with van der Waals surface area (Å²) in [5.74, 6) is 0.0524. The summed E-state index contributed by atoms with van der Waals surface area (Å²) in [6.07, 6.45) is 4.55. The number of hydrogen-bond acceptors (Lipinski definition) is 1. The van der Waals surface area contributed by atoms with Crippen molar-refractivity contribution in [2.75, 3.05) is 0 Å². The van der Waals surface area contributed by atoms with E-state index >= 15 is 0 Å². The van der Waals surface area contributed by atoms with Crippen LogP contribution >= 0.6 is 0 Å². The van der Waals surface area contributed by atoms with Crippen LogP contribution in [0.5, 0.6) is 0 Å². The van der Waals surface area contributed by atoms with Gasteiger partial charge in [-0.1, -0.05) is 79.7 Å². The van der Waals surface area contributed by atoms with Crippen molar-refractivity contribution in [3.63, 3.8) is 0 Å². The lowest BCUT2D eigenvalue weighted by Gasteiger charge is -2.15. The molecule has 0 aliphatic heterocycles. The molecule has 0 heterocycles. The molecular weight excluding hydrogens is 246 g/mol. The van der Waals surface area contributed by atoms with Crippen LogP contribution in [-0.4, -0.2) is 5.91 Å². The van der Waals surface area contributed by atoms with Crippen LogP contribution in [0.1, 0.15) is 30.5 Å². The normalized spacial score (nSPS) is 12.2. The average molecular weight is 265 g/mol. The molecule has 2 nitrogen and oxygen atoms in total. The summed E-state index contributed by atoms with van der Waals surface area (Å²) in [4.78, 5) is 11.7. The molecule has 0 aliphatic rings. The molecule has 102 valence electrons. The number of carbonyl (C=O) groups excluding carboxylic acids is 1. The van der Waals surface area contributed by atoms with E-state index in [4.69, 9.17) is 0 Å². The van der Waals surface area contributed by atoms with Gasteiger partial charge in [0.2, 0.25) is 5.91 Å². The summed E-state index contributed by atoms with van der Waals surface area (Å²) in [7, 11) is 0. The SMILES string of the molecule is CCC(=O)NC(/C=C/c1ccccc1)c1ccccc1. The Morgan fingerprint density at radius 3 is 2.25 bits per heavy atom.